The Morgan fingerprint density at radius 3 is 2.79 bits per heavy atom. The molecular formula is C10H12KNOS. The number of rotatable bonds is 1. The summed E-state index contributed by atoms with van der Waals surface area (Å²) in [6.45, 7) is 3.98. The molecule has 70 valence electrons. The number of hydrogen-bond acceptors (Lipinski definition) is 3. The van der Waals surface area contributed by atoms with Gasteiger partial charge in [0.2, 0.25) is 5.89 Å². The van der Waals surface area contributed by atoms with E-state index in [2.05, 4.69) is 17.6 Å². The fraction of sp³-hybridized carbons (Fsp3) is 0.300. The van der Waals surface area contributed by atoms with E-state index in [1.54, 1.807) is 0 Å². The van der Waals surface area contributed by atoms with Gasteiger partial charge in [0.15, 0.2) is 5.58 Å². The number of aryl methyl sites for hydroxylation is 1. The molecule has 1 aromatic heterocycles. The van der Waals surface area contributed by atoms with Crippen molar-refractivity contribution in [2.24, 2.45) is 0 Å². The van der Waals surface area contributed by atoms with Gasteiger partial charge in [-0.05, 0) is 31.5 Å². The molecule has 2 rings (SSSR count). The SMILES string of the molecule is Cc1ccc2nc(C(C)S)oc2c1.[KH]. The monoisotopic (exact) mass is 233 g/mol. The van der Waals surface area contributed by atoms with Gasteiger partial charge in [-0.3, -0.25) is 0 Å². The predicted octanol–water partition coefficient (Wildman–Crippen LogP) is 2.48. The van der Waals surface area contributed by atoms with Crippen LogP contribution < -0.4 is 0 Å². The number of nitrogens with zero attached hydrogens (tertiary/aromatic N) is 1. The second-order valence-electron chi connectivity index (χ2n) is 3.20. The van der Waals surface area contributed by atoms with Crippen molar-refractivity contribution in [3.63, 3.8) is 0 Å². The van der Waals surface area contributed by atoms with E-state index in [1.807, 2.05) is 32.0 Å². The number of benzene rings is 1. The topological polar surface area (TPSA) is 26.0 Å². The van der Waals surface area contributed by atoms with Gasteiger partial charge in [-0.15, -0.1) is 0 Å². The molecule has 0 aliphatic heterocycles. The first-order valence-electron chi connectivity index (χ1n) is 4.22. The first-order valence-corrected chi connectivity index (χ1v) is 4.73. The van der Waals surface area contributed by atoms with Crippen LogP contribution in [0.4, 0.5) is 0 Å². The second-order valence-corrected chi connectivity index (χ2v) is 3.97. The molecule has 2 nitrogen and oxygen atoms in total. The molecule has 0 saturated heterocycles. The van der Waals surface area contributed by atoms with Crippen molar-refractivity contribution < 1.29 is 4.42 Å². The van der Waals surface area contributed by atoms with Crippen molar-refractivity contribution in [3.05, 3.63) is 29.7 Å². The summed E-state index contributed by atoms with van der Waals surface area (Å²) >= 11 is 4.27. The fourth-order valence-electron chi connectivity index (χ4n) is 1.23. The number of fused-ring (bicyclic) bond motifs is 1. The van der Waals surface area contributed by atoms with Crippen molar-refractivity contribution in [2.45, 2.75) is 19.1 Å². The minimum atomic E-state index is 0. The third-order valence-corrected chi connectivity index (χ3v) is 2.14. The number of hydrogen-bond donors (Lipinski definition) is 1. The van der Waals surface area contributed by atoms with Crippen LogP contribution in [0.15, 0.2) is 22.6 Å². The van der Waals surface area contributed by atoms with Crippen LogP contribution in [0.1, 0.15) is 23.6 Å². The van der Waals surface area contributed by atoms with Gasteiger partial charge in [0.05, 0.1) is 5.25 Å². The van der Waals surface area contributed by atoms with E-state index in [0.717, 1.165) is 11.1 Å². The molecule has 1 atom stereocenters. The molecule has 1 unspecified atom stereocenters. The molecule has 0 N–H and O–H groups in total. The molecule has 1 heterocycles. The van der Waals surface area contributed by atoms with Gasteiger partial charge in [-0.1, -0.05) is 6.07 Å². The summed E-state index contributed by atoms with van der Waals surface area (Å²) in [5, 5.41) is 0.0488. The Balaban J connectivity index is 0.000000980. The van der Waals surface area contributed by atoms with Crippen molar-refractivity contribution in [3.8, 4) is 0 Å². The van der Waals surface area contributed by atoms with Crippen molar-refractivity contribution in [1.82, 2.24) is 4.98 Å². The summed E-state index contributed by atoms with van der Waals surface area (Å²) in [7, 11) is 0. The van der Waals surface area contributed by atoms with Crippen LogP contribution in [-0.2, 0) is 0 Å². The Hall–Kier alpha value is 0.676. The first kappa shape index (κ1) is 12.7. The zero-order valence-corrected chi connectivity index (χ0v) is 8.51. The average Bonchev–Trinajstić information content (AvgIpc) is 2.46. The second kappa shape index (κ2) is 5.14. The molecule has 0 saturated carbocycles. The Morgan fingerprint density at radius 1 is 1.43 bits per heavy atom. The average molecular weight is 233 g/mol. The normalized spacial score (nSPS) is 12.5. The van der Waals surface area contributed by atoms with Gasteiger partial charge < -0.3 is 4.42 Å². The number of thiol groups is 1. The van der Waals surface area contributed by atoms with E-state index in [0.29, 0.717) is 5.89 Å². The third kappa shape index (κ3) is 2.62. The Morgan fingerprint density at radius 2 is 2.14 bits per heavy atom. The van der Waals surface area contributed by atoms with Crippen molar-refractivity contribution >= 4 is 75.1 Å². The van der Waals surface area contributed by atoms with E-state index >= 15 is 0 Å². The van der Waals surface area contributed by atoms with Gasteiger partial charge in [-0.2, -0.15) is 12.6 Å². The van der Waals surface area contributed by atoms with E-state index in [4.69, 9.17) is 4.42 Å². The van der Waals surface area contributed by atoms with Gasteiger partial charge in [0, 0.05) is 0 Å². The first-order chi connectivity index (χ1) is 6.16. The zero-order valence-electron chi connectivity index (χ0n) is 7.61. The third-order valence-electron chi connectivity index (χ3n) is 1.92. The van der Waals surface area contributed by atoms with Crippen LogP contribution in [0.25, 0.3) is 11.1 Å². The quantitative estimate of drug-likeness (QED) is 0.605. The van der Waals surface area contributed by atoms with Crippen LogP contribution in [-0.4, -0.2) is 56.4 Å². The van der Waals surface area contributed by atoms with Gasteiger partial charge in [0.25, 0.3) is 0 Å². The standard InChI is InChI=1S/C10H11NOS.K.H/c1-6-3-4-8-9(5-6)12-10(11-8)7(2)13;;/h3-5,7,13H,1-2H3;;. The Labute approximate surface area is 131 Å². The fourth-order valence-corrected chi connectivity index (χ4v) is 1.34. The molecule has 1 aromatic carbocycles. The van der Waals surface area contributed by atoms with Crippen LogP contribution in [0, 0.1) is 6.92 Å². The molecule has 4 heteroatoms. The number of aromatic nitrogens is 1. The molecule has 0 aliphatic carbocycles. The van der Waals surface area contributed by atoms with Crippen LogP contribution in [0.5, 0.6) is 0 Å². The summed E-state index contributed by atoms with van der Waals surface area (Å²) < 4.78 is 5.52. The number of oxazole rings is 1. The van der Waals surface area contributed by atoms with Crippen LogP contribution in [0.2, 0.25) is 0 Å². The van der Waals surface area contributed by atoms with E-state index in [-0.39, 0.29) is 56.6 Å². The van der Waals surface area contributed by atoms with Gasteiger partial charge in [-0.25, -0.2) is 4.98 Å². The molecule has 14 heavy (non-hydrogen) atoms. The van der Waals surface area contributed by atoms with Crippen molar-refractivity contribution in [2.75, 3.05) is 0 Å². The molecule has 0 radical (unpaired) electrons. The minimum absolute atomic E-state index is 0. The molecule has 0 amide bonds. The van der Waals surface area contributed by atoms with E-state index < -0.39 is 0 Å². The van der Waals surface area contributed by atoms with Gasteiger partial charge in [0.1, 0.15) is 5.52 Å². The molecule has 0 fully saturated rings. The summed E-state index contributed by atoms with van der Waals surface area (Å²) in [6.07, 6.45) is 0. The van der Waals surface area contributed by atoms with E-state index in [9.17, 15) is 0 Å². The van der Waals surface area contributed by atoms with Crippen LogP contribution in [0.3, 0.4) is 0 Å². The zero-order chi connectivity index (χ0) is 9.42. The maximum absolute atomic E-state index is 5.52. The predicted molar refractivity (Wildman–Crippen MR) is 63.3 cm³/mol. The molecule has 0 spiro atoms. The molecular weight excluding hydrogens is 221 g/mol. The van der Waals surface area contributed by atoms with Crippen molar-refractivity contribution in [1.29, 1.82) is 0 Å². The Kier molecular flexibility index (Phi) is 4.68. The summed E-state index contributed by atoms with van der Waals surface area (Å²) in [4.78, 5) is 4.31. The molecule has 0 aliphatic rings. The maximum atomic E-state index is 5.52. The van der Waals surface area contributed by atoms with E-state index in [1.165, 1.54) is 5.56 Å². The molecule has 0 bridgehead atoms. The molecule has 2 aromatic rings. The summed E-state index contributed by atoms with van der Waals surface area (Å²) in [5.41, 5.74) is 2.93. The summed E-state index contributed by atoms with van der Waals surface area (Å²) in [5.74, 6) is 0.684. The van der Waals surface area contributed by atoms with Gasteiger partial charge >= 0.3 is 51.4 Å². The Bertz CT molecular complexity index is 439. The van der Waals surface area contributed by atoms with Crippen LogP contribution >= 0.6 is 12.6 Å². The summed E-state index contributed by atoms with van der Waals surface area (Å²) in [6, 6.07) is 5.98.